The highest BCUT2D eigenvalue weighted by Crippen LogP contribution is 2.49. The normalized spacial score (nSPS) is 30.2. The summed E-state index contributed by atoms with van der Waals surface area (Å²) in [6.45, 7) is 0.824. The highest BCUT2D eigenvalue weighted by molar-refractivity contribution is 5.77. The van der Waals surface area contributed by atoms with E-state index in [4.69, 9.17) is 4.74 Å². The molecule has 2 saturated heterocycles. The van der Waals surface area contributed by atoms with Gasteiger partial charge in [0.15, 0.2) is 0 Å². The van der Waals surface area contributed by atoms with Crippen LogP contribution in [0.25, 0.3) is 0 Å². The molecular formula is C10H14F3NO2. The summed E-state index contributed by atoms with van der Waals surface area (Å²) in [4.78, 5) is 11.1. The second-order valence-corrected chi connectivity index (χ2v) is 4.55. The van der Waals surface area contributed by atoms with Crippen molar-refractivity contribution in [3.05, 3.63) is 0 Å². The first-order chi connectivity index (χ1) is 7.44. The molecule has 3 nitrogen and oxygen atoms in total. The van der Waals surface area contributed by atoms with Gasteiger partial charge in [-0.25, -0.2) is 0 Å². The van der Waals surface area contributed by atoms with Gasteiger partial charge in [-0.2, -0.15) is 13.2 Å². The lowest BCUT2D eigenvalue weighted by molar-refractivity contribution is -0.226. The van der Waals surface area contributed by atoms with Gasteiger partial charge in [-0.1, -0.05) is 0 Å². The molecule has 0 radical (unpaired) electrons. The van der Waals surface area contributed by atoms with Crippen LogP contribution in [0.1, 0.15) is 19.3 Å². The van der Waals surface area contributed by atoms with Gasteiger partial charge in [-0.05, 0) is 12.8 Å². The molecule has 0 aromatic heterocycles. The zero-order chi connectivity index (χ0) is 11.8. The number of halogens is 3. The lowest BCUT2D eigenvalue weighted by Crippen LogP contribution is -2.56. The van der Waals surface area contributed by atoms with Gasteiger partial charge in [0.1, 0.15) is 0 Å². The van der Waals surface area contributed by atoms with E-state index in [1.165, 1.54) is 0 Å². The largest absolute Gasteiger partial charge is 0.392 e. The zero-order valence-electron chi connectivity index (χ0n) is 8.77. The Morgan fingerprint density at radius 3 is 2.50 bits per heavy atom. The Bertz CT molecular complexity index is 284. The molecule has 0 bridgehead atoms. The molecule has 0 unspecified atom stereocenters. The summed E-state index contributed by atoms with van der Waals surface area (Å²) in [7, 11) is 0. The summed E-state index contributed by atoms with van der Waals surface area (Å²) in [5, 5.41) is 2.55. The molecule has 2 aliphatic heterocycles. The van der Waals surface area contributed by atoms with Gasteiger partial charge in [-0.15, -0.1) is 0 Å². The SMILES string of the molecule is O=C1C[C@H](C(F)(F)F)C2(CCOCC2)CN1. The minimum atomic E-state index is -4.30. The molecule has 2 fully saturated rings. The Morgan fingerprint density at radius 2 is 1.94 bits per heavy atom. The zero-order valence-corrected chi connectivity index (χ0v) is 8.77. The Kier molecular flexibility index (Phi) is 2.86. The van der Waals surface area contributed by atoms with E-state index in [0.29, 0.717) is 26.1 Å². The van der Waals surface area contributed by atoms with Crippen LogP contribution in [0.3, 0.4) is 0 Å². The first-order valence-corrected chi connectivity index (χ1v) is 5.35. The van der Waals surface area contributed by atoms with Crippen LogP contribution in [-0.2, 0) is 9.53 Å². The van der Waals surface area contributed by atoms with Crippen molar-refractivity contribution in [1.82, 2.24) is 5.32 Å². The third-order valence-electron chi connectivity index (χ3n) is 3.65. The monoisotopic (exact) mass is 237 g/mol. The third-order valence-corrected chi connectivity index (χ3v) is 3.65. The maximum Gasteiger partial charge on any atom is 0.392 e. The molecule has 1 atom stereocenters. The molecule has 0 saturated carbocycles. The van der Waals surface area contributed by atoms with Gasteiger partial charge in [0.05, 0.1) is 5.92 Å². The average Bonchev–Trinajstić information content (AvgIpc) is 2.22. The molecule has 0 aliphatic carbocycles. The molecule has 2 heterocycles. The van der Waals surface area contributed by atoms with Gasteiger partial charge in [0, 0.05) is 31.6 Å². The van der Waals surface area contributed by atoms with Crippen LogP contribution in [-0.4, -0.2) is 31.8 Å². The minimum Gasteiger partial charge on any atom is -0.381 e. The molecule has 2 rings (SSSR count). The number of alkyl halides is 3. The van der Waals surface area contributed by atoms with Crippen LogP contribution in [0.5, 0.6) is 0 Å². The first-order valence-electron chi connectivity index (χ1n) is 5.35. The van der Waals surface area contributed by atoms with Crippen molar-refractivity contribution in [3.8, 4) is 0 Å². The summed E-state index contributed by atoms with van der Waals surface area (Å²) in [6, 6.07) is 0. The summed E-state index contributed by atoms with van der Waals surface area (Å²) in [5.74, 6) is -2.02. The van der Waals surface area contributed by atoms with Crippen LogP contribution in [0.4, 0.5) is 13.2 Å². The fourth-order valence-electron chi connectivity index (χ4n) is 2.64. The molecule has 6 heteroatoms. The lowest BCUT2D eigenvalue weighted by atomic mass is 9.66. The molecule has 0 aromatic carbocycles. The standard InChI is InChI=1S/C10H14F3NO2/c11-10(12,13)7-5-8(15)14-6-9(7)1-3-16-4-2-9/h7H,1-6H2,(H,14,15)/t7-/m0/s1. The number of carbonyl (C=O) groups excluding carboxylic acids is 1. The highest BCUT2D eigenvalue weighted by Gasteiger charge is 2.56. The predicted octanol–water partition coefficient (Wildman–Crippen LogP) is 1.48. The quantitative estimate of drug-likeness (QED) is 0.693. The van der Waals surface area contributed by atoms with Crippen LogP contribution < -0.4 is 5.32 Å². The molecular weight excluding hydrogens is 223 g/mol. The molecule has 2 aliphatic rings. The van der Waals surface area contributed by atoms with Crippen molar-refractivity contribution in [1.29, 1.82) is 0 Å². The van der Waals surface area contributed by atoms with Crippen molar-refractivity contribution in [2.24, 2.45) is 11.3 Å². The predicted molar refractivity (Wildman–Crippen MR) is 49.7 cm³/mol. The van der Waals surface area contributed by atoms with Gasteiger partial charge in [0.25, 0.3) is 0 Å². The number of carbonyl (C=O) groups is 1. The fourth-order valence-corrected chi connectivity index (χ4v) is 2.64. The Balaban J connectivity index is 2.23. The van der Waals surface area contributed by atoms with Crippen molar-refractivity contribution >= 4 is 5.91 Å². The molecule has 16 heavy (non-hydrogen) atoms. The summed E-state index contributed by atoms with van der Waals surface area (Å²) >= 11 is 0. The topological polar surface area (TPSA) is 38.3 Å². The van der Waals surface area contributed by atoms with Crippen LogP contribution >= 0.6 is 0 Å². The van der Waals surface area contributed by atoms with Crippen molar-refractivity contribution in [2.75, 3.05) is 19.8 Å². The lowest BCUT2D eigenvalue weighted by Gasteiger charge is -2.46. The minimum absolute atomic E-state index is 0.124. The number of hydrogen-bond acceptors (Lipinski definition) is 2. The number of amides is 1. The van der Waals surface area contributed by atoms with E-state index in [2.05, 4.69) is 5.32 Å². The Hall–Kier alpha value is -0.780. The van der Waals surface area contributed by atoms with E-state index < -0.39 is 29.8 Å². The summed E-state index contributed by atoms with van der Waals surface area (Å²) in [5.41, 5.74) is -0.843. The molecule has 0 aromatic rings. The molecule has 1 N–H and O–H groups in total. The first kappa shape index (κ1) is 11.7. The van der Waals surface area contributed by atoms with Gasteiger partial charge < -0.3 is 10.1 Å². The van der Waals surface area contributed by atoms with E-state index in [1.807, 2.05) is 0 Å². The van der Waals surface area contributed by atoms with E-state index in [9.17, 15) is 18.0 Å². The second-order valence-electron chi connectivity index (χ2n) is 4.55. The fraction of sp³-hybridized carbons (Fsp3) is 0.900. The Labute approximate surface area is 91.3 Å². The number of nitrogens with one attached hydrogen (secondary N) is 1. The smallest absolute Gasteiger partial charge is 0.381 e. The van der Waals surface area contributed by atoms with Gasteiger partial charge in [-0.3, -0.25) is 4.79 Å². The number of hydrogen-bond donors (Lipinski definition) is 1. The molecule has 1 spiro atoms. The van der Waals surface area contributed by atoms with E-state index in [1.54, 1.807) is 0 Å². The molecule has 92 valence electrons. The number of rotatable bonds is 0. The summed E-state index contributed by atoms with van der Waals surface area (Å²) in [6.07, 6.45) is -3.99. The van der Waals surface area contributed by atoms with Crippen LogP contribution in [0.2, 0.25) is 0 Å². The molecule has 1 amide bonds. The van der Waals surface area contributed by atoms with E-state index in [0.717, 1.165) is 0 Å². The number of piperidine rings is 1. The maximum absolute atomic E-state index is 12.9. The van der Waals surface area contributed by atoms with Crippen molar-refractivity contribution in [2.45, 2.75) is 25.4 Å². The summed E-state index contributed by atoms with van der Waals surface area (Å²) < 4.78 is 43.9. The maximum atomic E-state index is 12.9. The third kappa shape index (κ3) is 2.03. The van der Waals surface area contributed by atoms with E-state index in [-0.39, 0.29) is 6.54 Å². The van der Waals surface area contributed by atoms with Crippen LogP contribution in [0, 0.1) is 11.3 Å². The number of ether oxygens (including phenoxy) is 1. The van der Waals surface area contributed by atoms with Gasteiger partial charge >= 0.3 is 6.18 Å². The van der Waals surface area contributed by atoms with Gasteiger partial charge in [0.2, 0.25) is 5.91 Å². The van der Waals surface area contributed by atoms with Crippen molar-refractivity contribution < 1.29 is 22.7 Å². The van der Waals surface area contributed by atoms with E-state index >= 15 is 0 Å². The average molecular weight is 237 g/mol. The second kappa shape index (κ2) is 3.91. The van der Waals surface area contributed by atoms with Crippen molar-refractivity contribution in [3.63, 3.8) is 0 Å². The Morgan fingerprint density at radius 1 is 1.31 bits per heavy atom. The highest BCUT2D eigenvalue weighted by atomic mass is 19.4. The van der Waals surface area contributed by atoms with Crippen LogP contribution in [0.15, 0.2) is 0 Å².